The number of amidine groups is 1. The van der Waals surface area contributed by atoms with Gasteiger partial charge in [-0.05, 0) is 47.7 Å². The van der Waals surface area contributed by atoms with Crippen LogP contribution in [0.3, 0.4) is 0 Å². The van der Waals surface area contributed by atoms with E-state index in [-0.39, 0.29) is 11.7 Å². The second-order valence-electron chi connectivity index (χ2n) is 5.01. The number of carbonyl (C=O) groups excluding carboxylic acids is 1. The monoisotopic (exact) mass is 337 g/mol. The summed E-state index contributed by atoms with van der Waals surface area (Å²) in [6, 6.07) is 10.3. The van der Waals surface area contributed by atoms with Crippen molar-refractivity contribution in [2.24, 2.45) is 4.99 Å². The molecule has 2 heterocycles. The number of aliphatic imine (C=N–C) groups is 1. The Balaban J connectivity index is 1.93. The number of amides is 1. The van der Waals surface area contributed by atoms with Crippen LogP contribution in [-0.4, -0.2) is 32.6 Å². The fourth-order valence-electron chi connectivity index (χ4n) is 2.13. The lowest BCUT2D eigenvalue weighted by Crippen LogP contribution is -2.29. The van der Waals surface area contributed by atoms with E-state index in [4.69, 9.17) is 0 Å². The predicted molar refractivity (Wildman–Crippen MR) is 96.9 cm³/mol. The Hall–Kier alpha value is -2.86. The number of rotatable bonds is 4. The van der Waals surface area contributed by atoms with Crippen LogP contribution < -0.4 is 0 Å². The molecule has 120 valence electrons. The Morgan fingerprint density at radius 2 is 2.08 bits per heavy atom. The van der Waals surface area contributed by atoms with Crippen molar-refractivity contribution in [2.75, 3.05) is 6.54 Å². The van der Waals surface area contributed by atoms with Crippen LogP contribution in [-0.2, 0) is 4.79 Å². The summed E-state index contributed by atoms with van der Waals surface area (Å²) in [5.74, 6) is 0.0743. The molecule has 24 heavy (non-hydrogen) atoms. The second-order valence-corrected chi connectivity index (χ2v) is 6.02. The zero-order valence-corrected chi connectivity index (χ0v) is 13.6. The average molecular weight is 337 g/mol. The number of nitrogens with zero attached hydrogens (tertiary/aromatic N) is 3. The van der Waals surface area contributed by atoms with Gasteiger partial charge in [0, 0.05) is 12.7 Å². The highest BCUT2D eigenvalue weighted by Crippen LogP contribution is 2.34. The van der Waals surface area contributed by atoms with Crippen LogP contribution >= 0.6 is 11.8 Å². The first-order valence-corrected chi connectivity index (χ1v) is 8.09. The summed E-state index contributed by atoms with van der Waals surface area (Å²) in [6.07, 6.45) is 6.77. The molecule has 5 nitrogen and oxygen atoms in total. The molecule has 0 atom stereocenters. The molecule has 6 heteroatoms. The number of aromatic nitrogens is 1. The van der Waals surface area contributed by atoms with Crippen LogP contribution in [0.2, 0.25) is 0 Å². The minimum absolute atomic E-state index is 0.115. The highest BCUT2D eigenvalue weighted by atomic mass is 32.2. The first-order chi connectivity index (χ1) is 11.7. The summed E-state index contributed by atoms with van der Waals surface area (Å²) in [5, 5.41) is 9.95. The van der Waals surface area contributed by atoms with Crippen LogP contribution in [0.1, 0.15) is 5.56 Å². The molecule has 1 amide bonds. The number of thioether (sulfide) groups is 1. The summed E-state index contributed by atoms with van der Waals surface area (Å²) in [5.41, 5.74) is 1.53. The number of hydrogen-bond acceptors (Lipinski definition) is 5. The molecule has 3 rings (SSSR count). The third-order valence-corrected chi connectivity index (χ3v) is 4.27. The smallest absolute Gasteiger partial charge is 0.267 e. The summed E-state index contributed by atoms with van der Waals surface area (Å²) < 4.78 is 0. The van der Waals surface area contributed by atoms with E-state index < -0.39 is 0 Å². The molecule has 0 bridgehead atoms. The number of aromatic hydroxyl groups is 1. The van der Waals surface area contributed by atoms with Gasteiger partial charge in [0.25, 0.3) is 5.91 Å². The highest BCUT2D eigenvalue weighted by molar-refractivity contribution is 8.18. The van der Waals surface area contributed by atoms with Crippen LogP contribution in [0, 0.1) is 0 Å². The van der Waals surface area contributed by atoms with Crippen molar-refractivity contribution in [2.45, 2.75) is 0 Å². The highest BCUT2D eigenvalue weighted by Gasteiger charge is 2.32. The van der Waals surface area contributed by atoms with Crippen molar-refractivity contribution in [3.8, 4) is 5.75 Å². The summed E-state index contributed by atoms with van der Waals surface area (Å²) >= 11 is 1.31. The van der Waals surface area contributed by atoms with E-state index in [1.807, 2.05) is 6.07 Å². The maximum Gasteiger partial charge on any atom is 0.267 e. The number of carbonyl (C=O) groups is 1. The van der Waals surface area contributed by atoms with Gasteiger partial charge in [-0.25, -0.2) is 4.99 Å². The minimum atomic E-state index is -0.115. The molecular formula is C18H15N3O2S. The van der Waals surface area contributed by atoms with Gasteiger partial charge in [0.2, 0.25) is 0 Å². The molecule has 1 N–H and O–H groups in total. The number of phenolic OH excluding ortho intramolecular Hbond substituents is 1. The van der Waals surface area contributed by atoms with Gasteiger partial charge in [0.05, 0.1) is 16.8 Å². The predicted octanol–water partition coefficient (Wildman–Crippen LogP) is 3.58. The zero-order valence-electron chi connectivity index (χ0n) is 12.8. The molecule has 1 aromatic carbocycles. The third kappa shape index (κ3) is 3.55. The lowest BCUT2D eigenvalue weighted by Gasteiger charge is -2.12. The van der Waals surface area contributed by atoms with Gasteiger partial charge >= 0.3 is 0 Å². The molecule has 1 aliphatic heterocycles. The van der Waals surface area contributed by atoms with E-state index in [9.17, 15) is 9.90 Å². The van der Waals surface area contributed by atoms with E-state index in [1.165, 1.54) is 11.8 Å². The van der Waals surface area contributed by atoms with Crippen LogP contribution in [0.4, 0.5) is 5.69 Å². The Labute approximate surface area is 144 Å². The van der Waals surface area contributed by atoms with Gasteiger partial charge in [-0.2, -0.15) is 0 Å². The second kappa shape index (κ2) is 7.14. The number of benzene rings is 1. The minimum Gasteiger partial charge on any atom is -0.508 e. The summed E-state index contributed by atoms with van der Waals surface area (Å²) in [4.78, 5) is 23.3. The number of hydrogen-bond donors (Lipinski definition) is 1. The van der Waals surface area contributed by atoms with Crippen LogP contribution in [0.25, 0.3) is 6.08 Å². The van der Waals surface area contributed by atoms with Gasteiger partial charge in [-0.3, -0.25) is 14.7 Å². The number of pyridine rings is 1. The van der Waals surface area contributed by atoms with Gasteiger partial charge in [-0.1, -0.05) is 18.2 Å². The topological polar surface area (TPSA) is 65.8 Å². The van der Waals surface area contributed by atoms with Gasteiger partial charge in [0.1, 0.15) is 5.75 Å². The molecule has 0 saturated carbocycles. The van der Waals surface area contributed by atoms with Crippen molar-refractivity contribution in [1.82, 2.24) is 9.88 Å². The molecule has 1 fully saturated rings. The molecule has 0 aliphatic carbocycles. The number of phenols is 1. The SMILES string of the molecule is C=CCN1C(=O)/C(=C/c2ccc(O)cc2)SC1=Nc1cccnc1. The van der Waals surface area contributed by atoms with Gasteiger partial charge in [0.15, 0.2) is 5.17 Å². The molecule has 0 radical (unpaired) electrons. The maximum atomic E-state index is 12.6. The van der Waals surface area contributed by atoms with Crippen molar-refractivity contribution < 1.29 is 9.90 Å². The van der Waals surface area contributed by atoms with Crippen molar-refractivity contribution in [3.63, 3.8) is 0 Å². The van der Waals surface area contributed by atoms with E-state index >= 15 is 0 Å². The fourth-order valence-corrected chi connectivity index (χ4v) is 3.14. The van der Waals surface area contributed by atoms with Crippen LogP contribution in [0.15, 0.2) is 71.3 Å². The van der Waals surface area contributed by atoms with Crippen LogP contribution in [0.5, 0.6) is 5.75 Å². The largest absolute Gasteiger partial charge is 0.508 e. The lowest BCUT2D eigenvalue weighted by atomic mass is 10.2. The third-order valence-electron chi connectivity index (χ3n) is 3.26. The van der Waals surface area contributed by atoms with E-state index in [1.54, 1.807) is 59.8 Å². The maximum absolute atomic E-state index is 12.6. The molecule has 1 aliphatic rings. The van der Waals surface area contributed by atoms with Crippen molar-refractivity contribution in [1.29, 1.82) is 0 Å². The average Bonchev–Trinajstić information content (AvgIpc) is 2.87. The van der Waals surface area contributed by atoms with Crippen molar-refractivity contribution >= 4 is 34.6 Å². The Kier molecular flexibility index (Phi) is 4.77. The first-order valence-electron chi connectivity index (χ1n) is 7.27. The van der Waals surface area contributed by atoms with Crippen molar-refractivity contribution in [3.05, 3.63) is 71.9 Å². The molecule has 1 aromatic heterocycles. The Morgan fingerprint density at radius 3 is 2.75 bits per heavy atom. The van der Waals surface area contributed by atoms with E-state index in [0.717, 1.165) is 5.56 Å². The molecule has 0 unspecified atom stereocenters. The van der Waals surface area contributed by atoms with Gasteiger partial charge in [-0.15, -0.1) is 6.58 Å². The van der Waals surface area contributed by atoms with Gasteiger partial charge < -0.3 is 5.11 Å². The Morgan fingerprint density at radius 1 is 1.29 bits per heavy atom. The Bertz CT molecular complexity index is 814. The standard InChI is InChI=1S/C18H15N3O2S/c1-2-10-21-17(23)16(11-13-5-7-15(22)8-6-13)24-18(21)20-14-4-3-9-19-12-14/h2-9,11-12,22H,1,10H2/b16-11-,20-18?. The van der Waals surface area contributed by atoms with E-state index in [0.29, 0.717) is 22.3 Å². The fraction of sp³-hybridized carbons (Fsp3) is 0.0556. The summed E-state index contributed by atoms with van der Waals surface area (Å²) in [7, 11) is 0. The molecular weight excluding hydrogens is 322 g/mol. The lowest BCUT2D eigenvalue weighted by molar-refractivity contribution is -0.121. The summed E-state index contributed by atoms with van der Waals surface area (Å²) in [6.45, 7) is 4.09. The quantitative estimate of drug-likeness (QED) is 0.684. The first kappa shape index (κ1) is 16.0. The molecule has 0 spiro atoms. The molecule has 1 saturated heterocycles. The molecule has 2 aromatic rings. The normalized spacial score (nSPS) is 17.7. The zero-order chi connectivity index (χ0) is 16.9. The van der Waals surface area contributed by atoms with E-state index in [2.05, 4.69) is 16.6 Å².